The average Bonchev–Trinajstić information content (AvgIpc) is 1.99. The zero-order chi connectivity index (χ0) is 8.53. The van der Waals surface area contributed by atoms with E-state index in [-0.39, 0.29) is 6.61 Å². The highest BCUT2D eigenvalue weighted by molar-refractivity contribution is 4.52. The van der Waals surface area contributed by atoms with Gasteiger partial charge in [0.1, 0.15) is 0 Å². The van der Waals surface area contributed by atoms with Crippen LogP contribution < -0.4 is 0 Å². The molecule has 0 amide bonds. The van der Waals surface area contributed by atoms with Crippen molar-refractivity contribution in [2.45, 2.75) is 32.0 Å². The predicted molar refractivity (Wildman–Crippen MR) is 42.8 cm³/mol. The third kappa shape index (κ3) is 7.36. The molecule has 3 nitrogen and oxygen atoms in total. The third-order valence-corrected chi connectivity index (χ3v) is 1.36. The first kappa shape index (κ1) is 10.5. The molecule has 66 valence electrons. The van der Waals surface area contributed by atoms with Gasteiger partial charge >= 0.3 is 0 Å². The highest BCUT2D eigenvalue weighted by atomic mass is 16.6. The Labute approximate surface area is 67.3 Å². The quantitative estimate of drug-likeness (QED) is 0.332. The fraction of sp³-hybridized carbons (Fsp3) is 0.750. The van der Waals surface area contributed by atoms with Crippen molar-refractivity contribution in [2.24, 2.45) is 0 Å². The highest BCUT2D eigenvalue weighted by Gasteiger charge is 2.00. The molecule has 0 bridgehead atoms. The van der Waals surface area contributed by atoms with Crippen LogP contribution in [0.5, 0.6) is 0 Å². The molecule has 0 saturated heterocycles. The minimum Gasteiger partial charge on any atom is -0.473 e. The van der Waals surface area contributed by atoms with Crippen LogP contribution in [0.3, 0.4) is 0 Å². The zero-order valence-electron chi connectivity index (χ0n) is 6.70. The first-order chi connectivity index (χ1) is 5.31. The van der Waals surface area contributed by atoms with Crippen molar-refractivity contribution < 1.29 is 14.9 Å². The molecule has 0 heterocycles. The van der Waals surface area contributed by atoms with Crippen molar-refractivity contribution in [1.82, 2.24) is 0 Å². The minimum atomic E-state index is -0.730. The third-order valence-electron chi connectivity index (χ3n) is 1.36. The number of rotatable bonds is 7. The van der Waals surface area contributed by atoms with Crippen molar-refractivity contribution in [3.05, 3.63) is 12.8 Å². The molecule has 0 spiro atoms. The lowest BCUT2D eigenvalue weighted by Crippen LogP contribution is -2.07. The van der Waals surface area contributed by atoms with Crippen molar-refractivity contribution in [1.29, 1.82) is 0 Å². The lowest BCUT2D eigenvalue weighted by Gasteiger charge is -2.08. The van der Waals surface area contributed by atoms with Gasteiger partial charge in [0.25, 0.3) is 0 Å². The summed E-state index contributed by atoms with van der Waals surface area (Å²) in [7, 11) is 0. The summed E-state index contributed by atoms with van der Waals surface area (Å²) in [6.45, 7) is 3.54. The van der Waals surface area contributed by atoms with Crippen LogP contribution >= 0.6 is 0 Å². The first-order valence-electron chi connectivity index (χ1n) is 3.86. The first-order valence-corrected chi connectivity index (χ1v) is 3.86. The fourth-order valence-electron chi connectivity index (χ4n) is 0.787. The van der Waals surface area contributed by atoms with Crippen molar-refractivity contribution >= 4 is 0 Å². The van der Waals surface area contributed by atoms with E-state index in [0.29, 0.717) is 6.42 Å². The van der Waals surface area contributed by atoms with Gasteiger partial charge in [-0.2, -0.15) is 0 Å². The van der Waals surface area contributed by atoms with Crippen LogP contribution in [0.4, 0.5) is 0 Å². The van der Waals surface area contributed by atoms with Crippen molar-refractivity contribution in [3.63, 3.8) is 0 Å². The minimum absolute atomic E-state index is 0.221. The van der Waals surface area contributed by atoms with E-state index >= 15 is 0 Å². The van der Waals surface area contributed by atoms with Gasteiger partial charge in [0.15, 0.2) is 6.29 Å². The number of hydrogen-bond donors (Lipinski definition) is 2. The van der Waals surface area contributed by atoms with Gasteiger partial charge in [-0.1, -0.05) is 13.0 Å². The number of aliphatic hydroxyl groups is 2. The standard InChI is InChI=1S/C8H16O3/c1-2-11-8(10)6-4-3-5-7-9/h2,8-10H,1,3-7H2. The maximum absolute atomic E-state index is 8.99. The number of aliphatic hydroxyl groups excluding tert-OH is 2. The second-order valence-corrected chi connectivity index (χ2v) is 2.33. The molecule has 3 heteroatoms. The van der Waals surface area contributed by atoms with E-state index in [0.717, 1.165) is 19.3 Å². The van der Waals surface area contributed by atoms with Gasteiger partial charge in [0, 0.05) is 13.0 Å². The van der Waals surface area contributed by atoms with E-state index in [9.17, 15) is 0 Å². The number of hydrogen-bond acceptors (Lipinski definition) is 3. The van der Waals surface area contributed by atoms with Gasteiger partial charge in [-0.25, -0.2) is 0 Å². The van der Waals surface area contributed by atoms with E-state index in [1.165, 1.54) is 6.26 Å². The second kappa shape index (κ2) is 7.57. The van der Waals surface area contributed by atoms with Gasteiger partial charge < -0.3 is 14.9 Å². The molecular weight excluding hydrogens is 144 g/mol. The zero-order valence-corrected chi connectivity index (χ0v) is 6.70. The molecule has 0 aromatic rings. The molecular formula is C8H16O3. The summed E-state index contributed by atoms with van der Waals surface area (Å²) in [6, 6.07) is 0. The van der Waals surface area contributed by atoms with Gasteiger partial charge in [-0.15, -0.1) is 0 Å². The maximum Gasteiger partial charge on any atom is 0.196 e. The summed E-state index contributed by atoms with van der Waals surface area (Å²) >= 11 is 0. The Kier molecular flexibility index (Phi) is 7.19. The smallest absolute Gasteiger partial charge is 0.196 e. The van der Waals surface area contributed by atoms with E-state index in [4.69, 9.17) is 10.2 Å². The predicted octanol–water partition coefficient (Wildman–Crippen LogP) is 1.02. The van der Waals surface area contributed by atoms with E-state index in [1.54, 1.807) is 0 Å². The summed E-state index contributed by atoms with van der Waals surface area (Å²) in [5.41, 5.74) is 0. The maximum atomic E-state index is 8.99. The van der Waals surface area contributed by atoms with Gasteiger partial charge in [0.05, 0.1) is 6.26 Å². The summed E-state index contributed by atoms with van der Waals surface area (Å²) in [5, 5.41) is 17.4. The lowest BCUT2D eigenvalue weighted by molar-refractivity contribution is -0.0570. The van der Waals surface area contributed by atoms with Crippen LogP contribution in [0.2, 0.25) is 0 Å². The normalized spacial score (nSPS) is 12.5. The fourth-order valence-corrected chi connectivity index (χ4v) is 0.787. The molecule has 0 aliphatic rings. The van der Waals surface area contributed by atoms with Crippen molar-refractivity contribution in [2.75, 3.05) is 6.61 Å². The van der Waals surface area contributed by atoms with Gasteiger partial charge in [0.2, 0.25) is 0 Å². The van der Waals surface area contributed by atoms with E-state index < -0.39 is 6.29 Å². The van der Waals surface area contributed by atoms with Crippen LogP contribution in [0.15, 0.2) is 12.8 Å². The van der Waals surface area contributed by atoms with Crippen LogP contribution in [-0.2, 0) is 4.74 Å². The Hall–Kier alpha value is -0.540. The molecule has 2 N–H and O–H groups in total. The summed E-state index contributed by atoms with van der Waals surface area (Å²) in [5.74, 6) is 0. The largest absolute Gasteiger partial charge is 0.473 e. The van der Waals surface area contributed by atoms with E-state index in [1.807, 2.05) is 0 Å². The monoisotopic (exact) mass is 160 g/mol. The summed E-state index contributed by atoms with van der Waals surface area (Å²) in [6.07, 6.45) is 3.69. The number of unbranched alkanes of at least 4 members (excludes halogenated alkanes) is 2. The molecule has 0 aliphatic heterocycles. The molecule has 0 aromatic carbocycles. The molecule has 0 saturated carbocycles. The summed E-state index contributed by atoms with van der Waals surface area (Å²) < 4.78 is 4.68. The van der Waals surface area contributed by atoms with Gasteiger partial charge in [-0.3, -0.25) is 0 Å². The Morgan fingerprint density at radius 2 is 2.09 bits per heavy atom. The Morgan fingerprint density at radius 3 is 2.64 bits per heavy atom. The SMILES string of the molecule is C=COC(O)CCCCCO. The highest BCUT2D eigenvalue weighted by Crippen LogP contribution is 2.04. The van der Waals surface area contributed by atoms with Crippen molar-refractivity contribution in [3.8, 4) is 0 Å². The Balaban J connectivity index is 3.03. The average molecular weight is 160 g/mol. The topological polar surface area (TPSA) is 49.7 Å². The Bertz CT molecular complexity index is 93.3. The van der Waals surface area contributed by atoms with Crippen LogP contribution in [0.1, 0.15) is 25.7 Å². The van der Waals surface area contributed by atoms with Crippen LogP contribution in [0, 0.1) is 0 Å². The molecule has 1 atom stereocenters. The second-order valence-electron chi connectivity index (χ2n) is 2.33. The van der Waals surface area contributed by atoms with Gasteiger partial charge in [-0.05, 0) is 12.8 Å². The Morgan fingerprint density at radius 1 is 1.36 bits per heavy atom. The van der Waals surface area contributed by atoms with Crippen LogP contribution in [-0.4, -0.2) is 23.1 Å². The molecule has 1 unspecified atom stereocenters. The van der Waals surface area contributed by atoms with Crippen LogP contribution in [0.25, 0.3) is 0 Å². The molecule has 0 aromatic heterocycles. The lowest BCUT2D eigenvalue weighted by atomic mass is 10.2. The molecule has 0 aliphatic carbocycles. The molecule has 0 radical (unpaired) electrons. The van der Waals surface area contributed by atoms with E-state index in [2.05, 4.69) is 11.3 Å². The molecule has 11 heavy (non-hydrogen) atoms. The molecule has 0 rings (SSSR count). The molecule has 0 fully saturated rings. The summed E-state index contributed by atoms with van der Waals surface area (Å²) in [4.78, 5) is 0. The number of ether oxygens (including phenoxy) is 1.